The highest BCUT2D eigenvalue weighted by molar-refractivity contribution is 9.10. The molecule has 0 saturated carbocycles. The van der Waals surface area contributed by atoms with Gasteiger partial charge in [0.25, 0.3) is 0 Å². The summed E-state index contributed by atoms with van der Waals surface area (Å²) in [6.07, 6.45) is 0. The van der Waals surface area contributed by atoms with Crippen LogP contribution >= 0.6 is 15.9 Å². The van der Waals surface area contributed by atoms with Crippen molar-refractivity contribution in [1.29, 1.82) is 0 Å². The number of carbonyl (C=O) groups excluding carboxylic acids is 1. The minimum atomic E-state index is -0.429. The molecule has 17 heavy (non-hydrogen) atoms. The lowest BCUT2D eigenvalue weighted by molar-refractivity contribution is 0.166. The zero-order valence-electron chi connectivity index (χ0n) is 9.58. The van der Waals surface area contributed by atoms with Gasteiger partial charge in [-0.2, -0.15) is 0 Å². The Kier molecular flexibility index (Phi) is 4.89. The lowest BCUT2D eigenvalue weighted by Gasteiger charge is -2.23. The number of aliphatic hydroxyl groups excluding tert-OH is 1. The van der Waals surface area contributed by atoms with Crippen LogP contribution in [-0.2, 0) is 0 Å². The zero-order chi connectivity index (χ0) is 13.0. The van der Waals surface area contributed by atoms with Crippen LogP contribution in [0.4, 0.5) is 14.9 Å². The van der Waals surface area contributed by atoms with Gasteiger partial charge >= 0.3 is 6.03 Å². The number of hydrogen-bond acceptors (Lipinski definition) is 2. The van der Waals surface area contributed by atoms with Gasteiger partial charge in [-0.1, -0.05) is 0 Å². The van der Waals surface area contributed by atoms with Crippen LogP contribution in [0.5, 0.6) is 0 Å². The fourth-order valence-electron chi connectivity index (χ4n) is 1.12. The number of aliphatic hydroxyl groups is 1. The van der Waals surface area contributed by atoms with Gasteiger partial charge in [-0.05, 0) is 41.1 Å². The van der Waals surface area contributed by atoms with E-state index in [0.717, 1.165) is 0 Å². The lowest BCUT2D eigenvalue weighted by Crippen LogP contribution is -2.40. The van der Waals surface area contributed by atoms with Gasteiger partial charge in [0.2, 0.25) is 0 Å². The number of anilines is 1. The fourth-order valence-corrected chi connectivity index (χ4v) is 1.47. The Morgan fingerprint density at radius 3 is 2.88 bits per heavy atom. The highest BCUT2D eigenvalue weighted by atomic mass is 79.9. The molecule has 4 nitrogen and oxygen atoms in total. The first-order chi connectivity index (χ1) is 7.95. The first kappa shape index (κ1) is 13.9. The van der Waals surface area contributed by atoms with E-state index in [1.807, 2.05) is 0 Å². The lowest BCUT2D eigenvalue weighted by atomic mass is 10.3. The molecule has 1 rings (SSSR count). The summed E-state index contributed by atoms with van der Waals surface area (Å²) in [5.74, 6) is -0.429. The van der Waals surface area contributed by atoms with E-state index >= 15 is 0 Å². The van der Waals surface area contributed by atoms with E-state index in [1.165, 1.54) is 23.1 Å². The largest absolute Gasteiger partial charge is 0.394 e. The third kappa shape index (κ3) is 3.67. The normalized spacial score (nSPS) is 12.1. The second-order valence-electron chi connectivity index (χ2n) is 3.70. The van der Waals surface area contributed by atoms with Gasteiger partial charge in [-0.3, -0.25) is 0 Å². The van der Waals surface area contributed by atoms with Crippen LogP contribution in [0.15, 0.2) is 22.7 Å². The number of halogens is 2. The van der Waals surface area contributed by atoms with E-state index in [9.17, 15) is 9.18 Å². The average Bonchev–Trinajstić information content (AvgIpc) is 2.31. The van der Waals surface area contributed by atoms with E-state index in [1.54, 1.807) is 14.0 Å². The van der Waals surface area contributed by atoms with Gasteiger partial charge in [0, 0.05) is 11.5 Å². The van der Waals surface area contributed by atoms with Crippen molar-refractivity contribution in [2.75, 3.05) is 19.0 Å². The molecule has 0 spiro atoms. The van der Waals surface area contributed by atoms with Crippen molar-refractivity contribution in [2.24, 2.45) is 0 Å². The molecule has 2 N–H and O–H groups in total. The number of amides is 2. The summed E-state index contributed by atoms with van der Waals surface area (Å²) in [6.45, 7) is 1.58. The van der Waals surface area contributed by atoms with Gasteiger partial charge in [0.05, 0.1) is 18.3 Å². The molecule has 1 aromatic rings. The summed E-state index contributed by atoms with van der Waals surface area (Å²) < 4.78 is 13.6. The molecule has 0 fully saturated rings. The van der Waals surface area contributed by atoms with Crippen LogP contribution in [-0.4, -0.2) is 35.7 Å². The summed E-state index contributed by atoms with van der Waals surface area (Å²) in [6, 6.07) is 3.32. The molecule has 0 bridgehead atoms. The molecular weight excluding hydrogens is 291 g/mol. The molecule has 0 aliphatic heterocycles. The van der Waals surface area contributed by atoms with E-state index in [2.05, 4.69) is 21.2 Å². The maximum atomic E-state index is 13.0. The van der Waals surface area contributed by atoms with Gasteiger partial charge < -0.3 is 15.3 Å². The Balaban J connectivity index is 2.77. The molecule has 1 atom stereocenters. The Bertz CT molecular complexity index is 414. The minimum Gasteiger partial charge on any atom is -0.394 e. The predicted molar refractivity (Wildman–Crippen MR) is 67.4 cm³/mol. The Morgan fingerprint density at radius 2 is 2.29 bits per heavy atom. The average molecular weight is 305 g/mol. The standard InChI is InChI=1S/C11H14BrFN2O2/c1-7(6-16)15(2)11(17)14-10-5-8(13)3-4-9(10)12/h3-5,7,16H,6H2,1-2H3,(H,14,17). The second kappa shape index (κ2) is 5.97. The monoisotopic (exact) mass is 304 g/mol. The van der Waals surface area contributed by atoms with Crippen molar-refractivity contribution < 1.29 is 14.3 Å². The van der Waals surface area contributed by atoms with Crippen LogP contribution in [0.1, 0.15) is 6.92 Å². The SMILES string of the molecule is CC(CO)N(C)C(=O)Nc1cc(F)ccc1Br. The number of benzene rings is 1. The van der Waals surface area contributed by atoms with Crippen molar-refractivity contribution in [3.63, 3.8) is 0 Å². The van der Waals surface area contributed by atoms with E-state index in [-0.39, 0.29) is 12.6 Å². The topological polar surface area (TPSA) is 52.6 Å². The summed E-state index contributed by atoms with van der Waals surface area (Å²) in [4.78, 5) is 13.1. The number of nitrogens with zero attached hydrogens (tertiary/aromatic N) is 1. The van der Waals surface area contributed by atoms with Crippen LogP contribution in [0, 0.1) is 5.82 Å². The Morgan fingerprint density at radius 1 is 1.65 bits per heavy atom. The molecule has 94 valence electrons. The molecule has 1 aromatic carbocycles. The number of nitrogens with one attached hydrogen (secondary N) is 1. The van der Waals surface area contributed by atoms with Gasteiger partial charge in [0.15, 0.2) is 0 Å². The molecule has 0 saturated heterocycles. The van der Waals surface area contributed by atoms with E-state index < -0.39 is 11.8 Å². The molecule has 1 unspecified atom stereocenters. The second-order valence-corrected chi connectivity index (χ2v) is 4.55. The van der Waals surface area contributed by atoms with Crippen LogP contribution in [0.3, 0.4) is 0 Å². The van der Waals surface area contributed by atoms with Crippen molar-refractivity contribution in [3.8, 4) is 0 Å². The summed E-state index contributed by atoms with van der Waals surface area (Å²) in [5, 5.41) is 11.5. The number of likely N-dealkylation sites (N-methyl/N-ethyl adjacent to an activating group) is 1. The third-order valence-corrected chi connectivity index (χ3v) is 3.11. The molecular formula is C11H14BrFN2O2. The maximum absolute atomic E-state index is 13.0. The van der Waals surface area contributed by atoms with Crippen LogP contribution < -0.4 is 5.32 Å². The maximum Gasteiger partial charge on any atom is 0.321 e. The molecule has 0 radical (unpaired) electrons. The van der Waals surface area contributed by atoms with E-state index in [0.29, 0.717) is 10.2 Å². The van der Waals surface area contributed by atoms with Crippen molar-refractivity contribution in [1.82, 2.24) is 4.90 Å². The quantitative estimate of drug-likeness (QED) is 0.901. The molecule has 2 amide bonds. The number of rotatable bonds is 3. The highest BCUT2D eigenvalue weighted by Gasteiger charge is 2.15. The molecule has 0 aliphatic rings. The van der Waals surface area contributed by atoms with E-state index in [4.69, 9.17) is 5.11 Å². The molecule has 6 heteroatoms. The molecule has 0 aromatic heterocycles. The summed E-state index contributed by atoms with van der Waals surface area (Å²) >= 11 is 3.21. The molecule has 0 heterocycles. The van der Waals surface area contributed by atoms with Crippen molar-refractivity contribution in [3.05, 3.63) is 28.5 Å². The summed E-state index contributed by atoms with van der Waals surface area (Å²) in [7, 11) is 1.56. The summed E-state index contributed by atoms with van der Waals surface area (Å²) in [5.41, 5.74) is 0.354. The Hall–Kier alpha value is -1.14. The first-order valence-corrected chi connectivity index (χ1v) is 5.84. The van der Waals surface area contributed by atoms with Gasteiger partial charge in [0.1, 0.15) is 5.82 Å². The number of carbonyl (C=O) groups is 1. The van der Waals surface area contributed by atoms with Crippen LogP contribution in [0.25, 0.3) is 0 Å². The van der Waals surface area contributed by atoms with Gasteiger partial charge in [-0.25, -0.2) is 9.18 Å². The first-order valence-electron chi connectivity index (χ1n) is 5.05. The predicted octanol–water partition coefficient (Wildman–Crippen LogP) is 2.43. The van der Waals surface area contributed by atoms with Gasteiger partial charge in [-0.15, -0.1) is 0 Å². The van der Waals surface area contributed by atoms with Crippen molar-refractivity contribution in [2.45, 2.75) is 13.0 Å². The smallest absolute Gasteiger partial charge is 0.321 e. The molecule has 0 aliphatic carbocycles. The Labute approximate surface area is 108 Å². The zero-order valence-corrected chi connectivity index (χ0v) is 11.2. The number of urea groups is 1. The van der Waals surface area contributed by atoms with Crippen molar-refractivity contribution >= 4 is 27.6 Å². The fraction of sp³-hybridized carbons (Fsp3) is 0.364. The van der Waals surface area contributed by atoms with Crippen LogP contribution in [0.2, 0.25) is 0 Å². The number of hydrogen-bond donors (Lipinski definition) is 2. The highest BCUT2D eigenvalue weighted by Crippen LogP contribution is 2.23. The minimum absolute atomic E-state index is 0.131. The third-order valence-electron chi connectivity index (χ3n) is 2.42.